The van der Waals surface area contributed by atoms with Crippen molar-refractivity contribution in [3.8, 4) is 0 Å². The summed E-state index contributed by atoms with van der Waals surface area (Å²) < 4.78 is 29.8. The molecule has 0 fully saturated rings. The van der Waals surface area contributed by atoms with E-state index in [1.165, 1.54) is 17.8 Å². The number of amides is 3. The van der Waals surface area contributed by atoms with Crippen molar-refractivity contribution < 1.29 is 22.8 Å². The van der Waals surface area contributed by atoms with E-state index < -0.39 is 40.0 Å². The molecule has 43 heavy (non-hydrogen) atoms. The Kier molecular flexibility index (Phi) is 16.9. The van der Waals surface area contributed by atoms with Crippen molar-refractivity contribution in [1.82, 2.24) is 20.7 Å². The number of hydrogen-bond donors (Lipinski definition) is 4. The molecular formula is C27H36Cl3IN4O5S3. The molecule has 0 radical (unpaired) electrons. The molecule has 1 aromatic heterocycles. The van der Waals surface area contributed by atoms with Gasteiger partial charge in [0.1, 0.15) is 26.7 Å². The van der Waals surface area contributed by atoms with E-state index in [-0.39, 0.29) is 38.2 Å². The van der Waals surface area contributed by atoms with Crippen molar-refractivity contribution in [2.45, 2.75) is 61.9 Å². The predicted octanol–water partition coefficient (Wildman–Crippen LogP) is 5.06. The zero-order valence-electron chi connectivity index (χ0n) is 23.9. The van der Waals surface area contributed by atoms with E-state index in [0.717, 1.165) is 20.5 Å². The van der Waals surface area contributed by atoms with Gasteiger partial charge in [-0.1, -0.05) is 49.2 Å². The molecule has 4 N–H and O–H groups in total. The van der Waals surface area contributed by atoms with Crippen LogP contribution in [0.4, 0.5) is 0 Å². The number of sulfonamides is 1. The first-order chi connectivity index (χ1) is 20.3. The SMILES string of the molecule is CSC[C@H](NC(=O)[C@H](Cc1ccc(I)cc1)NC(=O)[C@H](CCC(C)C)NS(=O)(=O)c1cc(Cl)c(Cl)s1)C(=O)NCCCCl. The maximum Gasteiger partial charge on any atom is 0.250 e. The number of thiophene rings is 1. The number of halogens is 4. The monoisotopic (exact) mass is 824 g/mol. The van der Waals surface area contributed by atoms with E-state index in [2.05, 4.69) is 43.3 Å². The summed E-state index contributed by atoms with van der Waals surface area (Å²) >= 11 is 22.0. The molecule has 16 heteroatoms. The van der Waals surface area contributed by atoms with Crippen molar-refractivity contribution >= 4 is 108 Å². The van der Waals surface area contributed by atoms with Crippen molar-refractivity contribution in [3.63, 3.8) is 0 Å². The Morgan fingerprint density at radius 3 is 2.16 bits per heavy atom. The lowest BCUT2D eigenvalue weighted by atomic mass is 10.0. The smallest absolute Gasteiger partial charge is 0.250 e. The van der Waals surface area contributed by atoms with Crippen LogP contribution in [0.5, 0.6) is 0 Å². The maximum absolute atomic E-state index is 13.7. The Bertz CT molecular complexity index is 1310. The van der Waals surface area contributed by atoms with Crippen LogP contribution in [0.25, 0.3) is 0 Å². The van der Waals surface area contributed by atoms with Crippen molar-refractivity contribution in [2.24, 2.45) is 5.92 Å². The number of rotatable bonds is 18. The number of benzene rings is 1. The molecule has 0 aliphatic heterocycles. The molecule has 0 spiro atoms. The number of carbonyl (C=O) groups excluding carboxylic acids is 3. The van der Waals surface area contributed by atoms with Gasteiger partial charge in [0.25, 0.3) is 10.0 Å². The number of hydrogen-bond acceptors (Lipinski definition) is 7. The molecule has 2 aromatic rings. The van der Waals surface area contributed by atoms with Crippen LogP contribution in [0.3, 0.4) is 0 Å². The van der Waals surface area contributed by atoms with Gasteiger partial charge in [0.2, 0.25) is 17.7 Å². The summed E-state index contributed by atoms with van der Waals surface area (Å²) in [5.41, 5.74) is 0.774. The Balaban J connectivity index is 2.33. The molecule has 0 aliphatic rings. The molecule has 1 aromatic carbocycles. The van der Waals surface area contributed by atoms with Crippen LogP contribution in [0, 0.1) is 9.49 Å². The molecule has 0 saturated carbocycles. The fraction of sp³-hybridized carbons (Fsp3) is 0.519. The zero-order valence-corrected chi connectivity index (χ0v) is 30.8. The van der Waals surface area contributed by atoms with Crippen LogP contribution < -0.4 is 20.7 Å². The molecule has 3 atom stereocenters. The summed E-state index contributed by atoms with van der Waals surface area (Å²) in [4.78, 5) is 40.0. The lowest BCUT2D eigenvalue weighted by Crippen LogP contribution is -2.57. The highest BCUT2D eigenvalue weighted by atomic mass is 127. The summed E-state index contributed by atoms with van der Waals surface area (Å²) in [6.45, 7) is 4.28. The quantitative estimate of drug-likeness (QED) is 0.0945. The average molecular weight is 826 g/mol. The first kappa shape index (κ1) is 38.4. The van der Waals surface area contributed by atoms with Crippen LogP contribution in [0.1, 0.15) is 38.7 Å². The van der Waals surface area contributed by atoms with Gasteiger partial charge in [-0.3, -0.25) is 14.4 Å². The third kappa shape index (κ3) is 13.2. The molecule has 0 aliphatic carbocycles. The average Bonchev–Trinajstić information content (AvgIpc) is 3.30. The predicted molar refractivity (Wildman–Crippen MR) is 186 cm³/mol. The van der Waals surface area contributed by atoms with Gasteiger partial charge in [-0.05, 0) is 77.8 Å². The van der Waals surface area contributed by atoms with E-state index in [1.54, 1.807) is 0 Å². The second-order valence-electron chi connectivity index (χ2n) is 10.1. The Hall–Kier alpha value is -0.810. The van der Waals surface area contributed by atoms with Crippen molar-refractivity contribution in [2.75, 3.05) is 24.4 Å². The summed E-state index contributed by atoms with van der Waals surface area (Å²) in [7, 11) is -4.15. The number of carbonyl (C=O) groups is 3. The van der Waals surface area contributed by atoms with Crippen LogP contribution in [-0.4, -0.2) is 68.7 Å². The Labute approximate surface area is 290 Å². The molecule has 240 valence electrons. The van der Waals surface area contributed by atoms with Gasteiger partial charge in [0.05, 0.1) is 5.02 Å². The first-order valence-corrected chi connectivity index (χ1v) is 19.5. The van der Waals surface area contributed by atoms with Crippen LogP contribution in [-0.2, 0) is 30.8 Å². The van der Waals surface area contributed by atoms with Crippen LogP contribution in [0.2, 0.25) is 9.36 Å². The lowest BCUT2D eigenvalue weighted by Gasteiger charge is -2.25. The topological polar surface area (TPSA) is 133 Å². The first-order valence-electron chi connectivity index (χ1n) is 13.4. The van der Waals surface area contributed by atoms with E-state index in [0.29, 0.717) is 31.0 Å². The van der Waals surface area contributed by atoms with Gasteiger partial charge in [-0.2, -0.15) is 16.5 Å². The lowest BCUT2D eigenvalue weighted by molar-refractivity contribution is -0.132. The number of alkyl halides is 1. The summed E-state index contributed by atoms with van der Waals surface area (Å²) in [6.07, 6.45) is 3.24. The third-order valence-corrected chi connectivity index (χ3v) is 11.6. The van der Waals surface area contributed by atoms with E-state index in [4.69, 9.17) is 34.8 Å². The number of thioether (sulfide) groups is 1. The molecule has 9 nitrogen and oxygen atoms in total. The minimum absolute atomic E-state index is 0.0935. The van der Waals surface area contributed by atoms with Crippen LogP contribution >= 0.6 is 80.5 Å². The van der Waals surface area contributed by atoms with Crippen molar-refractivity contribution in [1.29, 1.82) is 0 Å². The Morgan fingerprint density at radius 2 is 1.60 bits per heavy atom. The zero-order chi connectivity index (χ0) is 32.2. The molecule has 0 unspecified atom stereocenters. The largest absolute Gasteiger partial charge is 0.354 e. The van der Waals surface area contributed by atoms with Gasteiger partial charge < -0.3 is 16.0 Å². The molecule has 1 heterocycles. The van der Waals surface area contributed by atoms with Gasteiger partial charge in [-0.25, -0.2) is 8.42 Å². The minimum Gasteiger partial charge on any atom is -0.354 e. The fourth-order valence-corrected chi connectivity index (χ4v) is 8.00. The summed E-state index contributed by atoms with van der Waals surface area (Å²) in [5, 5.41) is 8.38. The normalized spacial score (nSPS) is 13.8. The number of nitrogens with one attached hydrogen (secondary N) is 4. The second kappa shape index (κ2) is 19.0. The molecule has 0 bridgehead atoms. The van der Waals surface area contributed by atoms with E-state index in [1.807, 2.05) is 44.4 Å². The van der Waals surface area contributed by atoms with Gasteiger partial charge >= 0.3 is 0 Å². The molecule has 2 rings (SSSR count). The Morgan fingerprint density at radius 1 is 0.977 bits per heavy atom. The summed E-state index contributed by atoms with van der Waals surface area (Å²) in [5.74, 6) is -0.717. The standard InChI is InChI=1S/C27H36Cl3IN4O5S3/c1-16(2)5-10-20(35-43(39,40)23-14-19(29)24(30)42-23)26(37)33-21(13-17-6-8-18(31)9-7-17)27(38)34-22(15-41-3)25(36)32-12-4-11-28/h6-9,14,16,20-22,35H,4-5,10-13,15H2,1-3H3,(H,32,36)(H,33,37)(H,34,38)/t20-,21-,22-/m0/s1. The van der Waals surface area contributed by atoms with Gasteiger partial charge in [0, 0.05) is 28.2 Å². The van der Waals surface area contributed by atoms with Crippen molar-refractivity contribution in [3.05, 3.63) is 48.8 Å². The highest BCUT2D eigenvalue weighted by Crippen LogP contribution is 2.34. The highest BCUT2D eigenvalue weighted by molar-refractivity contribution is 14.1. The molecule has 0 saturated heterocycles. The second-order valence-corrected chi connectivity index (χ2v) is 16.6. The molecular weight excluding hydrogens is 790 g/mol. The molecule has 3 amide bonds. The van der Waals surface area contributed by atoms with E-state index in [9.17, 15) is 22.8 Å². The minimum atomic E-state index is -4.15. The fourth-order valence-electron chi connectivity index (χ4n) is 3.81. The van der Waals surface area contributed by atoms with Crippen LogP contribution in [0.15, 0.2) is 34.5 Å². The van der Waals surface area contributed by atoms with E-state index >= 15 is 0 Å². The summed E-state index contributed by atoms with van der Waals surface area (Å²) in [6, 6.07) is 5.55. The van der Waals surface area contributed by atoms with Gasteiger partial charge in [0.15, 0.2) is 0 Å². The third-order valence-electron chi connectivity index (χ3n) is 6.10. The highest BCUT2D eigenvalue weighted by Gasteiger charge is 2.32. The van der Waals surface area contributed by atoms with Gasteiger partial charge in [-0.15, -0.1) is 22.9 Å². The maximum atomic E-state index is 13.7.